The van der Waals surface area contributed by atoms with Crippen molar-refractivity contribution in [2.75, 3.05) is 5.32 Å². The Kier molecular flexibility index (Phi) is 3.78. The van der Waals surface area contributed by atoms with Crippen molar-refractivity contribution < 1.29 is 0 Å². The molecule has 0 aliphatic carbocycles. The standard InChI is InChI=1S/C10H6Br2ClN3/c11-7-3-6(1-2-9(7)13)16-10-8(12)4-14-5-15-10/h1-5H,(H,14,15,16). The van der Waals surface area contributed by atoms with Crippen LogP contribution in [0, 0.1) is 0 Å². The topological polar surface area (TPSA) is 37.8 Å². The molecule has 1 heterocycles. The minimum absolute atomic E-state index is 0.673. The second-order valence-electron chi connectivity index (χ2n) is 2.97. The van der Waals surface area contributed by atoms with Crippen LogP contribution in [0.15, 0.2) is 39.7 Å². The zero-order valence-electron chi connectivity index (χ0n) is 7.92. The second kappa shape index (κ2) is 5.12. The highest BCUT2D eigenvalue weighted by Crippen LogP contribution is 2.28. The monoisotopic (exact) mass is 361 g/mol. The number of aromatic nitrogens is 2. The Morgan fingerprint density at radius 3 is 2.69 bits per heavy atom. The molecule has 0 saturated carbocycles. The first-order chi connectivity index (χ1) is 7.66. The molecular weight excluding hydrogens is 357 g/mol. The Morgan fingerprint density at radius 1 is 1.19 bits per heavy atom. The van der Waals surface area contributed by atoms with Gasteiger partial charge < -0.3 is 5.32 Å². The van der Waals surface area contributed by atoms with E-state index in [1.165, 1.54) is 6.33 Å². The van der Waals surface area contributed by atoms with Gasteiger partial charge in [-0.25, -0.2) is 9.97 Å². The zero-order valence-corrected chi connectivity index (χ0v) is 11.8. The lowest BCUT2D eigenvalue weighted by Gasteiger charge is -2.07. The summed E-state index contributed by atoms with van der Waals surface area (Å²) in [5.41, 5.74) is 0.899. The fraction of sp³-hybridized carbons (Fsp3) is 0. The van der Waals surface area contributed by atoms with E-state index >= 15 is 0 Å². The number of nitrogens with one attached hydrogen (secondary N) is 1. The van der Waals surface area contributed by atoms with E-state index in [0.29, 0.717) is 10.8 Å². The van der Waals surface area contributed by atoms with Crippen LogP contribution in [-0.2, 0) is 0 Å². The number of halogens is 3. The second-order valence-corrected chi connectivity index (χ2v) is 5.09. The lowest BCUT2D eigenvalue weighted by molar-refractivity contribution is 1.15. The summed E-state index contributed by atoms with van der Waals surface area (Å²) in [5.74, 6) is 0.712. The predicted molar refractivity (Wildman–Crippen MR) is 72.2 cm³/mol. The molecule has 0 radical (unpaired) electrons. The van der Waals surface area contributed by atoms with E-state index in [4.69, 9.17) is 11.6 Å². The van der Waals surface area contributed by atoms with Gasteiger partial charge in [0.15, 0.2) is 0 Å². The van der Waals surface area contributed by atoms with Gasteiger partial charge in [0.25, 0.3) is 0 Å². The van der Waals surface area contributed by atoms with Crippen molar-refractivity contribution in [1.29, 1.82) is 0 Å². The van der Waals surface area contributed by atoms with Crippen LogP contribution in [0.3, 0.4) is 0 Å². The minimum atomic E-state index is 0.673. The van der Waals surface area contributed by atoms with Gasteiger partial charge in [-0.15, -0.1) is 0 Å². The van der Waals surface area contributed by atoms with Gasteiger partial charge in [0.05, 0.1) is 9.50 Å². The average Bonchev–Trinajstić information content (AvgIpc) is 2.27. The SMILES string of the molecule is Clc1ccc(Nc2ncncc2Br)cc1Br. The maximum absolute atomic E-state index is 5.91. The van der Waals surface area contributed by atoms with E-state index < -0.39 is 0 Å². The minimum Gasteiger partial charge on any atom is -0.339 e. The molecule has 1 aromatic carbocycles. The van der Waals surface area contributed by atoms with Crippen molar-refractivity contribution >= 4 is 55.0 Å². The molecular formula is C10H6Br2ClN3. The third-order valence-corrected chi connectivity index (χ3v) is 3.64. The van der Waals surface area contributed by atoms with Gasteiger partial charge in [-0.1, -0.05) is 11.6 Å². The van der Waals surface area contributed by atoms with Gasteiger partial charge in [0.1, 0.15) is 12.1 Å². The van der Waals surface area contributed by atoms with Crippen LogP contribution in [-0.4, -0.2) is 9.97 Å². The molecule has 2 rings (SSSR count). The Morgan fingerprint density at radius 2 is 2.00 bits per heavy atom. The molecule has 1 N–H and O–H groups in total. The van der Waals surface area contributed by atoms with E-state index in [0.717, 1.165) is 14.6 Å². The number of nitrogens with zero attached hydrogens (tertiary/aromatic N) is 2. The maximum Gasteiger partial charge on any atom is 0.148 e. The van der Waals surface area contributed by atoms with Gasteiger partial charge in [0.2, 0.25) is 0 Å². The molecule has 0 atom stereocenters. The van der Waals surface area contributed by atoms with Crippen molar-refractivity contribution in [3.8, 4) is 0 Å². The average molecular weight is 363 g/mol. The summed E-state index contributed by atoms with van der Waals surface area (Å²) in [6.45, 7) is 0. The van der Waals surface area contributed by atoms with E-state index in [2.05, 4.69) is 47.1 Å². The Hall–Kier alpha value is -0.650. The van der Waals surface area contributed by atoms with Crippen molar-refractivity contribution in [3.05, 3.63) is 44.7 Å². The van der Waals surface area contributed by atoms with Gasteiger partial charge >= 0.3 is 0 Å². The fourth-order valence-electron chi connectivity index (χ4n) is 1.12. The Bertz CT molecular complexity index is 519. The molecule has 6 heteroatoms. The molecule has 16 heavy (non-hydrogen) atoms. The first-order valence-corrected chi connectivity index (χ1v) is 6.31. The van der Waals surface area contributed by atoms with Gasteiger partial charge in [0, 0.05) is 16.4 Å². The summed E-state index contributed by atoms with van der Waals surface area (Å²) < 4.78 is 1.64. The summed E-state index contributed by atoms with van der Waals surface area (Å²) in [5, 5.41) is 3.83. The van der Waals surface area contributed by atoms with Crippen LogP contribution >= 0.6 is 43.5 Å². The molecule has 1 aromatic heterocycles. The summed E-state index contributed by atoms with van der Waals surface area (Å²) in [6.07, 6.45) is 3.17. The van der Waals surface area contributed by atoms with E-state index in [9.17, 15) is 0 Å². The number of benzene rings is 1. The highest BCUT2D eigenvalue weighted by molar-refractivity contribution is 9.11. The molecule has 3 nitrogen and oxygen atoms in total. The quantitative estimate of drug-likeness (QED) is 0.859. The summed E-state index contributed by atoms with van der Waals surface area (Å²) in [4.78, 5) is 8.00. The van der Waals surface area contributed by atoms with Crippen molar-refractivity contribution in [2.45, 2.75) is 0 Å². The largest absolute Gasteiger partial charge is 0.339 e. The van der Waals surface area contributed by atoms with E-state index in [1.807, 2.05) is 18.2 Å². The Labute approximate surface area is 115 Å². The van der Waals surface area contributed by atoms with Crippen LogP contribution in [0.2, 0.25) is 5.02 Å². The number of anilines is 2. The molecule has 2 aromatic rings. The highest BCUT2D eigenvalue weighted by Gasteiger charge is 2.03. The molecule has 0 fully saturated rings. The molecule has 0 aliphatic heterocycles. The van der Waals surface area contributed by atoms with Crippen LogP contribution in [0.1, 0.15) is 0 Å². The smallest absolute Gasteiger partial charge is 0.148 e. The summed E-state index contributed by atoms with van der Waals surface area (Å²) in [6, 6.07) is 5.57. The van der Waals surface area contributed by atoms with Crippen molar-refractivity contribution in [1.82, 2.24) is 9.97 Å². The predicted octanol–water partition coefficient (Wildman–Crippen LogP) is 4.40. The van der Waals surface area contributed by atoms with E-state index in [1.54, 1.807) is 6.20 Å². The number of hydrogen-bond acceptors (Lipinski definition) is 3. The molecule has 0 unspecified atom stereocenters. The third kappa shape index (κ3) is 2.72. The maximum atomic E-state index is 5.91. The molecule has 0 aliphatic rings. The molecule has 0 amide bonds. The van der Waals surface area contributed by atoms with Crippen LogP contribution in [0.5, 0.6) is 0 Å². The van der Waals surface area contributed by atoms with Gasteiger partial charge in [-0.2, -0.15) is 0 Å². The van der Waals surface area contributed by atoms with Gasteiger partial charge in [-0.05, 0) is 50.1 Å². The van der Waals surface area contributed by atoms with Gasteiger partial charge in [-0.3, -0.25) is 0 Å². The van der Waals surface area contributed by atoms with Crippen LogP contribution in [0.25, 0.3) is 0 Å². The first kappa shape index (κ1) is 11.8. The molecule has 0 spiro atoms. The van der Waals surface area contributed by atoms with Crippen molar-refractivity contribution in [2.24, 2.45) is 0 Å². The number of hydrogen-bond donors (Lipinski definition) is 1. The van der Waals surface area contributed by atoms with E-state index in [-0.39, 0.29) is 0 Å². The molecule has 82 valence electrons. The normalized spacial score (nSPS) is 10.2. The van der Waals surface area contributed by atoms with Crippen molar-refractivity contribution in [3.63, 3.8) is 0 Å². The van der Waals surface area contributed by atoms with Crippen LogP contribution < -0.4 is 5.32 Å². The zero-order chi connectivity index (χ0) is 11.5. The molecule has 0 bridgehead atoms. The molecule has 0 saturated heterocycles. The lowest BCUT2D eigenvalue weighted by Crippen LogP contribution is -1.95. The lowest BCUT2D eigenvalue weighted by atomic mass is 10.3. The number of rotatable bonds is 2. The first-order valence-electron chi connectivity index (χ1n) is 4.34. The Balaban J connectivity index is 2.28. The third-order valence-electron chi connectivity index (χ3n) is 1.85. The summed E-state index contributed by atoms with van der Waals surface area (Å²) in [7, 11) is 0. The summed E-state index contributed by atoms with van der Waals surface area (Å²) >= 11 is 12.6. The highest BCUT2D eigenvalue weighted by atomic mass is 79.9. The fourth-order valence-corrected chi connectivity index (χ4v) is 1.93. The van der Waals surface area contributed by atoms with Crippen LogP contribution in [0.4, 0.5) is 11.5 Å².